The van der Waals surface area contributed by atoms with Crippen molar-refractivity contribution in [2.24, 2.45) is 11.3 Å². The van der Waals surface area contributed by atoms with Crippen molar-refractivity contribution in [1.82, 2.24) is 15.2 Å². The minimum absolute atomic E-state index is 0.0371. The molecule has 0 bridgehead atoms. The Bertz CT molecular complexity index is 863. The van der Waals surface area contributed by atoms with Gasteiger partial charge in [-0.2, -0.15) is 0 Å². The van der Waals surface area contributed by atoms with Gasteiger partial charge in [-0.1, -0.05) is 24.3 Å². The number of nitrogens with one attached hydrogen (secondary N) is 1. The van der Waals surface area contributed by atoms with Crippen LogP contribution in [0.15, 0.2) is 48.8 Å². The Labute approximate surface area is 166 Å². The van der Waals surface area contributed by atoms with Crippen molar-refractivity contribution in [2.75, 3.05) is 20.1 Å². The molecule has 4 rings (SSSR count). The molecule has 2 heterocycles. The van der Waals surface area contributed by atoms with E-state index in [0.29, 0.717) is 13.0 Å². The molecule has 1 N–H and O–H groups in total. The van der Waals surface area contributed by atoms with Crippen LogP contribution in [0, 0.1) is 11.3 Å². The summed E-state index contributed by atoms with van der Waals surface area (Å²) in [5, 5.41) is 2.86. The minimum Gasteiger partial charge on any atom is -0.359 e. The van der Waals surface area contributed by atoms with Crippen LogP contribution in [0.3, 0.4) is 0 Å². The number of carbonyl (C=O) groups is 2. The Morgan fingerprint density at radius 1 is 1.18 bits per heavy atom. The zero-order chi connectivity index (χ0) is 19.6. The zero-order valence-corrected chi connectivity index (χ0v) is 16.4. The maximum atomic E-state index is 12.9. The van der Waals surface area contributed by atoms with Crippen LogP contribution in [0.25, 0.3) is 11.1 Å². The summed E-state index contributed by atoms with van der Waals surface area (Å²) in [6.07, 6.45) is 7.89. The molecule has 146 valence electrons. The molecule has 1 saturated carbocycles. The van der Waals surface area contributed by atoms with Crippen molar-refractivity contribution < 1.29 is 9.59 Å². The third-order valence-corrected chi connectivity index (χ3v) is 6.01. The molecule has 2 aliphatic rings. The van der Waals surface area contributed by atoms with Crippen LogP contribution in [-0.4, -0.2) is 41.8 Å². The molecule has 1 saturated heterocycles. The average molecular weight is 377 g/mol. The van der Waals surface area contributed by atoms with Crippen LogP contribution in [0.5, 0.6) is 0 Å². The molecule has 0 spiro atoms. The first kappa shape index (κ1) is 18.7. The van der Waals surface area contributed by atoms with Crippen LogP contribution >= 0.6 is 0 Å². The number of nitrogens with zero attached hydrogens (tertiary/aromatic N) is 2. The van der Waals surface area contributed by atoms with Crippen molar-refractivity contribution in [3.63, 3.8) is 0 Å². The SMILES string of the molecule is CNC(=O)[C@@]1(Cc2cccc(-c3ccncc3)c2)CCCN(C(=O)C2CC2)C1. The predicted molar refractivity (Wildman–Crippen MR) is 108 cm³/mol. The molecule has 1 aliphatic heterocycles. The molecule has 5 heteroatoms. The number of piperidine rings is 1. The number of carbonyl (C=O) groups excluding carboxylic acids is 2. The van der Waals surface area contributed by atoms with Gasteiger partial charge in [-0.15, -0.1) is 0 Å². The van der Waals surface area contributed by atoms with Crippen molar-refractivity contribution in [1.29, 1.82) is 0 Å². The molecule has 2 amide bonds. The van der Waals surface area contributed by atoms with E-state index >= 15 is 0 Å². The van der Waals surface area contributed by atoms with Crippen LogP contribution < -0.4 is 5.32 Å². The van der Waals surface area contributed by atoms with Crippen LogP contribution in [0.4, 0.5) is 0 Å². The highest BCUT2D eigenvalue weighted by Gasteiger charge is 2.45. The lowest BCUT2D eigenvalue weighted by Gasteiger charge is -2.42. The maximum Gasteiger partial charge on any atom is 0.228 e. The van der Waals surface area contributed by atoms with Gasteiger partial charge in [0.2, 0.25) is 11.8 Å². The zero-order valence-electron chi connectivity index (χ0n) is 16.4. The molecule has 28 heavy (non-hydrogen) atoms. The van der Waals surface area contributed by atoms with Gasteiger partial charge in [0.05, 0.1) is 5.41 Å². The van der Waals surface area contributed by atoms with E-state index in [-0.39, 0.29) is 17.7 Å². The average Bonchev–Trinajstić information content (AvgIpc) is 3.59. The summed E-state index contributed by atoms with van der Waals surface area (Å²) in [6, 6.07) is 12.3. The summed E-state index contributed by atoms with van der Waals surface area (Å²) in [5.74, 6) is 0.462. The van der Waals surface area contributed by atoms with E-state index < -0.39 is 5.41 Å². The summed E-state index contributed by atoms with van der Waals surface area (Å²) in [7, 11) is 1.69. The lowest BCUT2D eigenvalue weighted by Crippen LogP contribution is -2.54. The Kier molecular flexibility index (Phi) is 5.16. The van der Waals surface area contributed by atoms with Gasteiger partial charge in [0.1, 0.15) is 0 Å². The number of amides is 2. The van der Waals surface area contributed by atoms with Crippen molar-refractivity contribution in [3.05, 3.63) is 54.4 Å². The highest BCUT2D eigenvalue weighted by molar-refractivity contribution is 5.86. The summed E-state index contributed by atoms with van der Waals surface area (Å²) in [4.78, 5) is 31.6. The van der Waals surface area contributed by atoms with Crippen molar-refractivity contribution in [2.45, 2.75) is 32.1 Å². The Morgan fingerprint density at radius 3 is 2.68 bits per heavy atom. The second-order valence-corrected chi connectivity index (χ2v) is 8.11. The minimum atomic E-state index is -0.561. The quantitative estimate of drug-likeness (QED) is 0.871. The van der Waals surface area contributed by atoms with E-state index in [0.717, 1.165) is 48.9 Å². The molecule has 1 aromatic heterocycles. The summed E-state index contributed by atoms with van der Waals surface area (Å²) < 4.78 is 0. The van der Waals surface area contributed by atoms with E-state index in [2.05, 4.69) is 28.5 Å². The normalized spacial score (nSPS) is 22.0. The Hall–Kier alpha value is -2.69. The molecule has 2 fully saturated rings. The van der Waals surface area contributed by atoms with E-state index in [1.165, 1.54) is 0 Å². The first-order valence-corrected chi connectivity index (χ1v) is 10.1. The highest BCUT2D eigenvalue weighted by atomic mass is 16.2. The number of aromatic nitrogens is 1. The number of likely N-dealkylation sites (tertiary alicyclic amines) is 1. The Morgan fingerprint density at radius 2 is 1.96 bits per heavy atom. The third-order valence-electron chi connectivity index (χ3n) is 6.01. The van der Waals surface area contributed by atoms with E-state index in [9.17, 15) is 9.59 Å². The summed E-state index contributed by atoms with van der Waals surface area (Å²) >= 11 is 0. The van der Waals surface area contributed by atoms with Gasteiger partial charge in [-0.05, 0) is 60.9 Å². The number of pyridine rings is 1. The number of benzene rings is 1. The van der Waals surface area contributed by atoms with Gasteiger partial charge in [-0.25, -0.2) is 0 Å². The lowest BCUT2D eigenvalue weighted by atomic mass is 9.74. The maximum absolute atomic E-state index is 12.9. The van der Waals surface area contributed by atoms with Crippen molar-refractivity contribution in [3.8, 4) is 11.1 Å². The molecule has 5 nitrogen and oxygen atoms in total. The molecule has 1 atom stereocenters. The fraction of sp³-hybridized carbons (Fsp3) is 0.435. The third kappa shape index (κ3) is 3.79. The van der Waals surface area contributed by atoms with Gasteiger partial charge in [-0.3, -0.25) is 14.6 Å². The smallest absolute Gasteiger partial charge is 0.228 e. The number of hydrogen-bond acceptors (Lipinski definition) is 3. The first-order valence-electron chi connectivity index (χ1n) is 10.1. The second kappa shape index (κ2) is 7.74. The van der Waals surface area contributed by atoms with Gasteiger partial charge in [0.25, 0.3) is 0 Å². The summed E-state index contributed by atoms with van der Waals surface area (Å²) in [6.45, 7) is 1.28. The summed E-state index contributed by atoms with van der Waals surface area (Å²) in [5.41, 5.74) is 2.79. The molecule has 1 aromatic carbocycles. The van der Waals surface area contributed by atoms with Gasteiger partial charge in [0, 0.05) is 38.4 Å². The van der Waals surface area contributed by atoms with Crippen LogP contribution in [0.2, 0.25) is 0 Å². The first-order chi connectivity index (χ1) is 13.6. The molecular weight excluding hydrogens is 350 g/mol. The van der Waals surface area contributed by atoms with Gasteiger partial charge >= 0.3 is 0 Å². The van der Waals surface area contributed by atoms with Gasteiger partial charge < -0.3 is 10.2 Å². The van der Waals surface area contributed by atoms with Crippen LogP contribution in [-0.2, 0) is 16.0 Å². The largest absolute Gasteiger partial charge is 0.359 e. The second-order valence-electron chi connectivity index (χ2n) is 8.11. The fourth-order valence-corrected chi connectivity index (χ4v) is 4.38. The molecule has 1 aliphatic carbocycles. The highest BCUT2D eigenvalue weighted by Crippen LogP contribution is 2.38. The fourth-order valence-electron chi connectivity index (χ4n) is 4.38. The predicted octanol–water partition coefficient (Wildman–Crippen LogP) is 3.06. The molecule has 2 aromatic rings. The topological polar surface area (TPSA) is 62.3 Å². The van der Waals surface area contributed by atoms with E-state index in [1.54, 1.807) is 19.4 Å². The molecule has 0 radical (unpaired) electrons. The molecular formula is C23H27N3O2. The Balaban J connectivity index is 1.60. The monoisotopic (exact) mass is 377 g/mol. The number of hydrogen-bond donors (Lipinski definition) is 1. The lowest BCUT2D eigenvalue weighted by molar-refractivity contribution is -0.142. The van der Waals surface area contributed by atoms with Gasteiger partial charge in [0.15, 0.2) is 0 Å². The van der Waals surface area contributed by atoms with Crippen LogP contribution in [0.1, 0.15) is 31.2 Å². The van der Waals surface area contributed by atoms with E-state index in [4.69, 9.17) is 0 Å². The number of rotatable bonds is 5. The standard InChI is InChI=1S/C23H27N3O2/c1-24-22(28)23(10-3-13-26(16-23)21(27)19-6-7-19)15-17-4-2-5-20(14-17)18-8-11-25-12-9-18/h2,4-5,8-9,11-12,14,19H,3,6-7,10,13,15-16H2,1H3,(H,24,28)/t23-/m1/s1. The van der Waals surface area contributed by atoms with Crippen molar-refractivity contribution >= 4 is 11.8 Å². The van der Waals surface area contributed by atoms with E-state index in [1.807, 2.05) is 23.1 Å². The molecule has 0 unspecified atom stereocenters.